The summed E-state index contributed by atoms with van der Waals surface area (Å²) in [4.78, 5) is 30.9. The summed E-state index contributed by atoms with van der Waals surface area (Å²) in [6.45, 7) is 5.72. The van der Waals surface area contributed by atoms with Crippen LogP contribution in [0.3, 0.4) is 0 Å². The van der Waals surface area contributed by atoms with Crippen LogP contribution in [0.15, 0.2) is 36.9 Å². The lowest BCUT2D eigenvalue weighted by Gasteiger charge is -2.32. The molecule has 3 rings (SSSR count). The zero-order chi connectivity index (χ0) is 18.5. The van der Waals surface area contributed by atoms with Gasteiger partial charge in [0.2, 0.25) is 5.91 Å². The Kier molecular flexibility index (Phi) is 5.65. The number of hydrogen-bond acceptors (Lipinski definition) is 4. The Labute approximate surface area is 153 Å². The lowest BCUT2D eigenvalue weighted by atomic mass is 9.94. The minimum absolute atomic E-state index is 0.0178. The van der Waals surface area contributed by atoms with Gasteiger partial charge in [0.25, 0.3) is 5.91 Å². The first kappa shape index (κ1) is 18.1. The Morgan fingerprint density at radius 2 is 2.00 bits per heavy atom. The molecule has 1 fully saturated rings. The van der Waals surface area contributed by atoms with Crippen LogP contribution >= 0.6 is 0 Å². The summed E-state index contributed by atoms with van der Waals surface area (Å²) in [5.74, 6) is 0.0660. The minimum atomic E-state index is -0.0471. The fraction of sp³-hybridized carbons (Fsp3) is 0.474. The number of aryl methyl sites for hydroxylation is 1. The fourth-order valence-corrected chi connectivity index (χ4v) is 3.34. The van der Waals surface area contributed by atoms with Crippen molar-refractivity contribution in [3.05, 3.63) is 48.0 Å². The van der Waals surface area contributed by atoms with Gasteiger partial charge in [-0.05, 0) is 38.3 Å². The molecular weight excluding hydrogens is 330 g/mol. The summed E-state index contributed by atoms with van der Waals surface area (Å²) in [6.07, 6.45) is 4.51. The van der Waals surface area contributed by atoms with Crippen molar-refractivity contribution in [3.8, 4) is 0 Å². The number of benzene rings is 1. The number of likely N-dealkylation sites (tertiary alicyclic amines) is 1. The van der Waals surface area contributed by atoms with Crippen molar-refractivity contribution in [2.75, 3.05) is 13.1 Å². The Hall–Kier alpha value is -2.70. The summed E-state index contributed by atoms with van der Waals surface area (Å²) < 4.78 is 1.70. The molecule has 0 spiro atoms. The molecule has 0 bridgehead atoms. The van der Waals surface area contributed by atoms with E-state index in [0.717, 1.165) is 11.1 Å². The van der Waals surface area contributed by atoms with Gasteiger partial charge in [-0.1, -0.05) is 18.2 Å². The summed E-state index contributed by atoms with van der Waals surface area (Å²) in [6, 6.07) is 7.61. The van der Waals surface area contributed by atoms with Gasteiger partial charge in [-0.25, -0.2) is 4.98 Å². The predicted molar refractivity (Wildman–Crippen MR) is 97.4 cm³/mol. The Morgan fingerprint density at radius 3 is 2.65 bits per heavy atom. The van der Waals surface area contributed by atoms with E-state index in [9.17, 15) is 9.59 Å². The summed E-state index contributed by atoms with van der Waals surface area (Å²) in [7, 11) is 0. The van der Waals surface area contributed by atoms with E-state index < -0.39 is 0 Å². The van der Waals surface area contributed by atoms with E-state index in [1.165, 1.54) is 6.33 Å². The number of hydrogen-bond donors (Lipinski definition) is 1. The number of aromatic nitrogens is 3. The van der Waals surface area contributed by atoms with Crippen molar-refractivity contribution in [2.24, 2.45) is 5.92 Å². The Bertz CT molecular complexity index is 751. The topological polar surface area (TPSA) is 80.1 Å². The maximum Gasteiger partial charge on any atom is 0.254 e. The van der Waals surface area contributed by atoms with Crippen molar-refractivity contribution in [2.45, 2.75) is 39.3 Å². The minimum Gasteiger partial charge on any atom is -0.352 e. The van der Waals surface area contributed by atoms with Crippen molar-refractivity contribution < 1.29 is 9.59 Å². The third kappa shape index (κ3) is 4.28. The smallest absolute Gasteiger partial charge is 0.254 e. The molecule has 0 aliphatic carbocycles. The van der Waals surface area contributed by atoms with Crippen LogP contribution in [0.4, 0.5) is 0 Å². The van der Waals surface area contributed by atoms with Gasteiger partial charge in [0, 0.05) is 30.6 Å². The van der Waals surface area contributed by atoms with Crippen molar-refractivity contribution in [3.63, 3.8) is 0 Å². The second-order valence-electron chi connectivity index (χ2n) is 6.91. The zero-order valence-corrected chi connectivity index (χ0v) is 15.3. The molecule has 26 heavy (non-hydrogen) atoms. The number of rotatable bonds is 5. The molecule has 1 aliphatic rings. The molecule has 0 radical (unpaired) electrons. The molecule has 0 unspecified atom stereocenters. The van der Waals surface area contributed by atoms with Gasteiger partial charge >= 0.3 is 0 Å². The molecule has 0 saturated carbocycles. The van der Waals surface area contributed by atoms with E-state index in [1.54, 1.807) is 11.0 Å². The average Bonchev–Trinajstić information content (AvgIpc) is 3.14. The molecular formula is C19H25N5O2. The van der Waals surface area contributed by atoms with Gasteiger partial charge in [0.05, 0.1) is 6.54 Å². The van der Waals surface area contributed by atoms with Crippen LogP contribution in [0.25, 0.3) is 0 Å². The number of carbonyl (C=O) groups excluding carboxylic acids is 2. The SMILES string of the molecule is Cc1ccccc1C(=O)N1CCC(C(=O)N[C@@H](C)Cn2cncn2)CC1. The van der Waals surface area contributed by atoms with Gasteiger partial charge in [-0.15, -0.1) is 0 Å². The highest BCUT2D eigenvalue weighted by Crippen LogP contribution is 2.20. The molecule has 2 amide bonds. The van der Waals surface area contributed by atoms with Gasteiger partial charge in [-0.2, -0.15) is 5.10 Å². The predicted octanol–water partition coefficient (Wildman–Crippen LogP) is 1.64. The van der Waals surface area contributed by atoms with Crippen LogP contribution in [-0.4, -0.2) is 50.6 Å². The first-order valence-electron chi connectivity index (χ1n) is 9.02. The lowest BCUT2D eigenvalue weighted by molar-refractivity contribution is -0.127. The van der Waals surface area contributed by atoms with Gasteiger partial charge in [-0.3, -0.25) is 14.3 Å². The molecule has 2 heterocycles. The maximum absolute atomic E-state index is 12.7. The number of nitrogens with one attached hydrogen (secondary N) is 1. The average molecular weight is 355 g/mol. The van der Waals surface area contributed by atoms with E-state index in [2.05, 4.69) is 15.4 Å². The molecule has 1 aliphatic heterocycles. The van der Waals surface area contributed by atoms with Crippen molar-refractivity contribution in [1.82, 2.24) is 25.0 Å². The molecule has 1 atom stereocenters. The molecule has 1 aromatic carbocycles. The second kappa shape index (κ2) is 8.12. The number of amides is 2. The third-order valence-electron chi connectivity index (χ3n) is 4.84. The molecule has 1 N–H and O–H groups in total. The summed E-state index contributed by atoms with van der Waals surface area (Å²) in [5.41, 5.74) is 1.73. The number of nitrogens with zero attached hydrogens (tertiary/aromatic N) is 4. The number of carbonyl (C=O) groups is 2. The molecule has 138 valence electrons. The fourth-order valence-electron chi connectivity index (χ4n) is 3.34. The monoisotopic (exact) mass is 355 g/mol. The van der Waals surface area contributed by atoms with E-state index in [0.29, 0.717) is 32.5 Å². The van der Waals surface area contributed by atoms with E-state index in [-0.39, 0.29) is 23.8 Å². The van der Waals surface area contributed by atoms with Crippen LogP contribution in [0, 0.1) is 12.8 Å². The first-order valence-corrected chi connectivity index (χ1v) is 9.02. The quantitative estimate of drug-likeness (QED) is 0.884. The largest absolute Gasteiger partial charge is 0.352 e. The highest BCUT2D eigenvalue weighted by molar-refractivity contribution is 5.95. The maximum atomic E-state index is 12.7. The Morgan fingerprint density at radius 1 is 1.27 bits per heavy atom. The molecule has 7 nitrogen and oxygen atoms in total. The van der Waals surface area contributed by atoms with Crippen LogP contribution in [0.5, 0.6) is 0 Å². The van der Waals surface area contributed by atoms with Crippen LogP contribution in [-0.2, 0) is 11.3 Å². The lowest BCUT2D eigenvalue weighted by Crippen LogP contribution is -2.45. The summed E-state index contributed by atoms with van der Waals surface area (Å²) >= 11 is 0. The second-order valence-corrected chi connectivity index (χ2v) is 6.91. The first-order chi connectivity index (χ1) is 12.5. The highest BCUT2D eigenvalue weighted by atomic mass is 16.2. The number of piperidine rings is 1. The van der Waals surface area contributed by atoms with Crippen LogP contribution in [0.2, 0.25) is 0 Å². The highest BCUT2D eigenvalue weighted by Gasteiger charge is 2.28. The molecule has 1 saturated heterocycles. The Balaban J connectivity index is 1.49. The van der Waals surface area contributed by atoms with Crippen LogP contribution in [0.1, 0.15) is 35.7 Å². The summed E-state index contributed by atoms with van der Waals surface area (Å²) in [5, 5.41) is 7.09. The van der Waals surface area contributed by atoms with E-state index in [4.69, 9.17) is 0 Å². The standard InChI is InChI=1S/C19H25N5O2/c1-14-5-3-4-6-17(14)19(26)23-9-7-16(8-10-23)18(25)22-15(2)11-24-13-20-12-21-24/h3-6,12-13,15-16H,7-11H2,1-2H3,(H,22,25)/t15-/m0/s1. The van der Waals surface area contributed by atoms with Crippen molar-refractivity contribution in [1.29, 1.82) is 0 Å². The van der Waals surface area contributed by atoms with Crippen molar-refractivity contribution >= 4 is 11.8 Å². The van der Waals surface area contributed by atoms with Crippen LogP contribution < -0.4 is 5.32 Å². The van der Waals surface area contributed by atoms with Gasteiger partial charge < -0.3 is 10.2 Å². The van der Waals surface area contributed by atoms with E-state index >= 15 is 0 Å². The molecule has 2 aromatic rings. The molecule has 7 heteroatoms. The molecule has 1 aromatic heterocycles. The third-order valence-corrected chi connectivity index (χ3v) is 4.84. The zero-order valence-electron chi connectivity index (χ0n) is 15.3. The van der Waals surface area contributed by atoms with Gasteiger partial charge in [0.1, 0.15) is 12.7 Å². The van der Waals surface area contributed by atoms with Gasteiger partial charge in [0.15, 0.2) is 0 Å². The van der Waals surface area contributed by atoms with E-state index in [1.807, 2.05) is 43.0 Å². The normalized spacial score (nSPS) is 16.3.